The molecule has 0 fully saturated rings. The van der Waals surface area contributed by atoms with Gasteiger partial charge >= 0.3 is 0 Å². The zero-order valence-electron chi connectivity index (χ0n) is 12.1. The molecule has 2 unspecified atom stereocenters. The largest absolute Gasteiger partial charge is 0.497 e. The first-order chi connectivity index (χ1) is 9.51. The summed E-state index contributed by atoms with van der Waals surface area (Å²) < 4.78 is 24.4. The summed E-state index contributed by atoms with van der Waals surface area (Å²) in [6, 6.07) is 4.59. The lowest BCUT2D eigenvalue weighted by Gasteiger charge is -2.19. The van der Waals surface area contributed by atoms with E-state index in [-0.39, 0.29) is 17.9 Å². The highest BCUT2D eigenvalue weighted by molar-refractivity contribution is 5.30. The highest BCUT2D eigenvalue weighted by Crippen LogP contribution is 2.24. The molecule has 108 valence electrons. The normalized spacial score (nSPS) is 14.1. The molecule has 0 spiro atoms. The first-order valence-corrected chi connectivity index (χ1v) is 6.53. The molecule has 2 rings (SSSR count). The second-order valence-electron chi connectivity index (χ2n) is 4.81. The Morgan fingerprint density at radius 1 is 1.30 bits per heavy atom. The van der Waals surface area contributed by atoms with E-state index in [1.54, 1.807) is 18.3 Å². The second-order valence-corrected chi connectivity index (χ2v) is 4.81. The van der Waals surface area contributed by atoms with Crippen LogP contribution in [0.1, 0.15) is 43.1 Å². The van der Waals surface area contributed by atoms with Crippen molar-refractivity contribution in [3.05, 3.63) is 47.4 Å². The van der Waals surface area contributed by atoms with Gasteiger partial charge in [-0.05, 0) is 26.8 Å². The minimum Gasteiger partial charge on any atom is -0.497 e. The predicted molar refractivity (Wildman–Crippen MR) is 74.2 cm³/mol. The van der Waals surface area contributed by atoms with Crippen molar-refractivity contribution in [2.75, 3.05) is 7.11 Å². The number of hydrogen-bond donors (Lipinski definition) is 1. The van der Waals surface area contributed by atoms with E-state index in [2.05, 4.69) is 10.3 Å². The smallest absolute Gasteiger partial charge is 0.211 e. The third kappa shape index (κ3) is 3.17. The predicted octanol–water partition coefficient (Wildman–Crippen LogP) is 3.54. The van der Waals surface area contributed by atoms with Crippen LogP contribution in [0, 0.1) is 12.7 Å². The fraction of sp³-hybridized carbons (Fsp3) is 0.400. The average Bonchev–Trinajstić information content (AvgIpc) is 2.85. The van der Waals surface area contributed by atoms with E-state index in [9.17, 15) is 4.39 Å². The lowest BCUT2D eigenvalue weighted by atomic mass is 10.1. The van der Waals surface area contributed by atoms with Gasteiger partial charge in [0, 0.05) is 17.7 Å². The van der Waals surface area contributed by atoms with Gasteiger partial charge in [-0.15, -0.1) is 0 Å². The summed E-state index contributed by atoms with van der Waals surface area (Å²) in [6.07, 6.45) is 1.67. The SMILES string of the molecule is COc1ccc(C(C)NC(C)c2ncc(C)o2)c(F)c1. The Morgan fingerprint density at radius 2 is 2.05 bits per heavy atom. The van der Waals surface area contributed by atoms with Crippen molar-refractivity contribution in [3.8, 4) is 5.75 Å². The number of nitrogens with zero attached hydrogens (tertiary/aromatic N) is 1. The summed E-state index contributed by atoms with van der Waals surface area (Å²) in [6.45, 7) is 5.68. The first-order valence-electron chi connectivity index (χ1n) is 6.53. The van der Waals surface area contributed by atoms with Gasteiger partial charge in [0.05, 0.1) is 19.3 Å². The van der Waals surface area contributed by atoms with E-state index in [0.717, 1.165) is 5.76 Å². The van der Waals surface area contributed by atoms with Crippen LogP contribution in [-0.4, -0.2) is 12.1 Å². The number of hydrogen-bond acceptors (Lipinski definition) is 4. The van der Waals surface area contributed by atoms with E-state index in [1.807, 2.05) is 20.8 Å². The Balaban J connectivity index is 2.09. The van der Waals surface area contributed by atoms with Crippen LogP contribution in [0.5, 0.6) is 5.75 Å². The average molecular weight is 278 g/mol. The molecule has 1 aromatic heterocycles. The molecule has 0 radical (unpaired) electrons. The van der Waals surface area contributed by atoms with Crippen LogP contribution in [-0.2, 0) is 0 Å². The monoisotopic (exact) mass is 278 g/mol. The molecule has 0 bridgehead atoms. The minimum atomic E-state index is -0.292. The van der Waals surface area contributed by atoms with Crippen molar-refractivity contribution in [1.29, 1.82) is 0 Å². The minimum absolute atomic E-state index is 0.0970. The van der Waals surface area contributed by atoms with Crippen LogP contribution in [0.4, 0.5) is 4.39 Å². The van der Waals surface area contributed by atoms with Gasteiger partial charge in [0.2, 0.25) is 5.89 Å². The summed E-state index contributed by atoms with van der Waals surface area (Å²) >= 11 is 0. The molecule has 1 N–H and O–H groups in total. The van der Waals surface area contributed by atoms with E-state index in [1.165, 1.54) is 13.2 Å². The Morgan fingerprint density at radius 3 is 2.60 bits per heavy atom. The first kappa shape index (κ1) is 14.5. The van der Waals surface area contributed by atoms with Crippen LogP contribution >= 0.6 is 0 Å². The zero-order chi connectivity index (χ0) is 14.7. The number of aromatic nitrogens is 1. The molecule has 0 saturated carbocycles. The van der Waals surface area contributed by atoms with Gasteiger partial charge in [-0.25, -0.2) is 9.37 Å². The fourth-order valence-corrected chi connectivity index (χ4v) is 2.09. The van der Waals surface area contributed by atoms with Crippen molar-refractivity contribution in [1.82, 2.24) is 10.3 Å². The van der Waals surface area contributed by atoms with Crippen LogP contribution in [0.3, 0.4) is 0 Å². The summed E-state index contributed by atoms with van der Waals surface area (Å²) in [4.78, 5) is 4.17. The molecule has 2 atom stereocenters. The van der Waals surface area contributed by atoms with Crippen molar-refractivity contribution >= 4 is 0 Å². The fourth-order valence-electron chi connectivity index (χ4n) is 2.09. The van der Waals surface area contributed by atoms with Gasteiger partial charge < -0.3 is 9.15 Å². The maximum atomic E-state index is 14.0. The highest BCUT2D eigenvalue weighted by atomic mass is 19.1. The van der Waals surface area contributed by atoms with Crippen molar-refractivity contribution in [3.63, 3.8) is 0 Å². The number of methoxy groups -OCH3 is 1. The van der Waals surface area contributed by atoms with Gasteiger partial charge in [0.25, 0.3) is 0 Å². The maximum Gasteiger partial charge on any atom is 0.211 e. The quantitative estimate of drug-likeness (QED) is 0.908. The molecular weight excluding hydrogens is 259 g/mol. The number of rotatable bonds is 5. The van der Waals surface area contributed by atoms with Crippen LogP contribution in [0.25, 0.3) is 0 Å². The van der Waals surface area contributed by atoms with Gasteiger partial charge in [-0.2, -0.15) is 0 Å². The molecule has 2 aromatic rings. The van der Waals surface area contributed by atoms with Crippen LogP contribution in [0.2, 0.25) is 0 Å². The molecule has 20 heavy (non-hydrogen) atoms. The summed E-state index contributed by atoms with van der Waals surface area (Å²) in [7, 11) is 1.52. The van der Waals surface area contributed by atoms with Crippen molar-refractivity contribution in [2.45, 2.75) is 32.9 Å². The molecule has 0 aliphatic carbocycles. The Hall–Kier alpha value is -1.88. The van der Waals surface area contributed by atoms with Crippen molar-refractivity contribution < 1.29 is 13.5 Å². The van der Waals surface area contributed by atoms with Gasteiger partial charge in [-0.1, -0.05) is 6.07 Å². The highest BCUT2D eigenvalue weighted by Gasteiger charge is 2.17. The van der Waals surface area contributed by atoms with E-state index >= 15 is 0 Å². The Labute approximate surface area is 118 Å². The van der Waals surface area contributed by atoms with E-state index < -0.39 is 0 Å². The lowest BCUT2D eigenvalue weighted by molar-refractivity contribution is 0.375. The summed E-state index contributed by atoms with van der Waals surface area (Å²) in [5.74, 6) is 1.58. The lowest BCUT2D eigenvalue weighted by Crippen LogP contribution is -2.23. The molecule has 0 saturated heterocycles. The maximum absolute atomic E-state index is 14.0. The number of halogens is 1. The number of benzene rings is 1. The molecule has 4 nitrogen and oxygen atoms in total. The molecule has 1 aromatic carbocycles. The number of ether oxygens (including phenoxy) is 1. The number of aryl methyl sites for hydroxylation is 1. The Bertz CT molecular complexity index is 583. The number of oxazole rings is 1. The zero-order valence-corrected chi connectivity index (χ0v) is 12.1. The van der Waals surface area contributed by atoms with E-state index in [4.69, 9.17) is 9.15 Å². The molecule has 5 heteroatoms. The topological polar surface area (TPSA) is 47.3 Å². The van der Waals surface area contributed by atoms with Crippen molar-refractivity contribution in [2.24, 2.45) is 0 Å². The standard InChI is InChI=1S/C15H19FN2O2/c1-9-8-17-15(20-9)11(3)18-10(2)13-6-5-12(19-4)7-14(13)16/h5-8,10-11,18H,1-4H3. The number of nitrogens with one attached hydrogen (secondary N) is 1. The third-order valence-electron chi connectivity index (χ3n) is 3.18. The van der Waals surface area contributed by atoms with Gasteiger partial charge in [-0.3, -0.25) is 5.32 Å². The molecular formula is C15H19FN2O2. The van der Waals surface area contributed by atoms with Crippen LogP contribution in [0.15, 0.2) is 28.8 Å². The Kier molecular flexibility index (Phi) is 4.39. The summed E-state index contributed by atoms with van der Waals surface area (Å²) in [5, 5.41) is 3.27. The van der Waals surface area contributed by atoms with Gasteiger partial charge in [0.1, 0.15) is 17.3 Å². The van der Waals surface area contributed by atoms with Crippen LogP contribution < -0.4 is 10.1 Å². The molecule has 0 amide bonds. The van der Waals surface area contributed by atoms with Gasteiger partial charge in [0.15, 0.2) is 0 Å². The summed E-state index contributed by atoms with van der Waals surface area (Å²) in [5.41, 5.74) is 0.584. The molecule has 1 heterocycles. The van der Waals surface area contributed by atoms with E-state index in [0.29, 0.717) is 17.2 Å². The third-order valence-corrected chi connectivity index (χ3v) is 3.18. The molecule has 0 aliphatic rings. The molecule has 0 aliphatic heterocycles. The second kappa shape index (κ2) is 6.05.